The fourth-order valence-corrected chi connectivity index (χ4v) is 1.85. The van der Waals surface area contributed by atoms with Gasteiger partial charge in [0.2, 0.25) is 0 Å². The van der Waals surface area contributed by atoms with Crippen LogP contribution in [0.25, 0.3) is 0 Å². The van der Waals surface area contributed by atoms with Crippen LogP contribution in [0.15, 0.2) is 29.2 Å². The molecule has 0 heterocycles. The van der Waals surface area contributed by atoms with Gasteiger partial charge in [0.1, 0.15) is 0 Å². The molecule has 0 saturated heterocycles. The van der Waals surface area contributed by atoms with E-state index in [-0.39, 0.29) is 10.5 Å². The topological polar surface area (TPSA) is 60.4 Å². The van der Waals surface area contributed by atoms with Crippen LogP contribution in [0.5, 0.6) is 0 Å². The summed E-state index contributed by atoms with van der Waals surface area (Å²) in [4.78, 5) is 11.3. The van der Waals surface area contributed by atoms with Gasteiger partial charge in [0.05, 0.1) is 17.1 Å². The van der Waals surface area contributed by atoms with E-state index in [0.29, 0.717) is 13.0 Å². The van der Waals surface area contributed by atoms with Gasteiger partial charge in [0, 0.05) is 10.7 Å². The third-order valence-corrected chi connectivity index (χ3v) is 3.14. The van der Waals surface area contributed by atoms with Gasteiger partial charge < -0.3 is 4.74 Å². The van der Waals surface area contributed by atoms with Gasteiger partial charge in [-0.15, -0.1) is 0 Å². The van der Waals surface area contributed by atoms with Crippen LogP contribution < -0.4 is 0 Å². The van der Waals surface area contributed by atoms with Crippen LogP contribution >= 0.6 is 10.7 Å². The number of hydrogen-bond acceptors (Lipinski definition) is 4. The lowest BCUT2D eigenvalue weighted by Crippen LogP contribution is -2.06. The molecule has 4 nitrogen and oxygen atoms in total. The first kappa shape index (κ1) is 13.0. The summed E-state index contributed by atoms with van der Waals surface area (Å²) < 4.78 is 26.9. The van der Waals surface area contributed by atoms with Crippen molar-refractivity contribution < 1.29 is 17.9 Å². The Kier molecular flexibility index (Phi) is 4.32. The highest BCUT2D eigenvalue weighted by molar-refractivity contribution is 8.13. The predicted octanol–water partition coefficient (Wildman–Crippen LogP) is 2.18. The van der Waals surface area contributed by atoms with E-state index in [4.69, 9.17) is 15.4 Å². The van der Waals surface area contributed by atoms with Crippen molar-refractivity contribution in [1.82, 2.24) is 0 Å². The summed E-state index contributed by atoms with van der Waals surface area (Å²) in [6.07, 6.45) is 0.708. The molecule has 0 atom stereocenters. The average Bonchev–Trinajstić information content (AvgIpc) is 2.25. The Hall–Kier alpha value is -1.07. The summed E-state index contributed by atoms with van der Waals surface area (Å²) in [7, 11) is 1.34. The molecule has 0 aromatic heterocycles. The molecule has 0 amide bonds. The number of rotatable bonds is 4. The first-order chi connectivity index (χ1) is 7.45. The summed E-state index contributed by atoms with van der Waals surface area (Å²) in [5, 5.41) is 0. The molecule has 0 aliphatic rings. The number of benzene rings is 1. The summed E-state index contributed by atoms with van der Waals surface area (Å²) in [6, 6.07) is 5.43. The minimum Gasteiger partial charge on any atom is -0.462 e. The molecule has 0 spiro atoms. The van der Waals surface area contributed by atoms with E-state index < -0.39 is 15.0 Å². The molecular weight excluding hydrogens is 252 g/mol. The predicted molar refractivity (Wildman–Crippen MR) is 60.1 cm³/mol. The zero-order valence-electron chi connectivity index (χ0n) is 8.64. The quantitative estimate of drug-likeness (QED) is 0.616. The van der Waals surface area contributed by atoms with Crippen LogP contribution in [-0.2, 0) is 13.8 Å². The molecule has 0 aliphatic carbocycles. The maximum Gasteiger partial charge on any atom is 0.338 e. The van der Waals surface area contributed by atoms with Crippen LogP contribution in [0.4, 0.5) is 0 Å². The number of carbonyl (C=O) groups excluding carboxylic acids is 1. The zero-order valence-corrected chi connectivity index (χ0v) is 10.2. The van der Waals surface area contributed by atoms with E-state index in [1.807, 2.05) is 6.92 Å². The lowest BCUT2D eigenvalue weighted by atomic mass is 10.2. The van der Waals surface area contributed by atoms with Crippen molar-refractivity contribution in [3.8, 4) is 0 Å². The lowest BCUT2D eigenvalue weighted by Gasteiger charge is -2.03. The van der Waals surface area contributed by atoms with Gasteiger partial charge in [-0.1, -0.05) is 13.0 Å². The molecule has 0 fully saturated rings. The second kappa shape index (κ2) is 5.32. The van der Waals surface area contributed by atoms with E-state index >= 15 is 0 Å². The summed E-state index contributed by atoms with van der Waals surface area (Å²) in [6.45, 7) is 2.17. The highest BCUT2D eigenvalue weighted by Crippen LogP contribution is 2.16. The molecule has 0 N–H and O–H groups in total. The van der Waals surface area contributed by atoms with Gasteiger partial charge in [-0.05, 0) is 24.6 Å². The number of ether oxygens (including phenoxy) is 1. The van der Waals surface area contributed by atoms with Crippen molar-refractivity contribution in [3.63, 3.8) is 0 Å². The molecule has 1 rings (SSSR count). The van der Waals surface area contributed by atoms with E-state index in [2.05, 4.69) is 0 Å². The van der Waals surface area contributed by atoms with Crippen molar-refractivity contribution in [2.24, 2.45) is 0 Å². The van der Waals surface area contributed by atoms with Crippen molar-refractivity contribution in [3.05, 3.63) is 29.8 Å². The van der Waals surface area contributed by atoms with Gasteiger partial charge in [0.25, 0.3) is 9.05 Å². The van der Waals surface area contributed by atoms with Crippen molar-refractivity contribution in [1.29, 1.82) is 0 Å². The van der Waals surface area contributed by atoms with E-state index in [1.165, 1.54) is 24.3 Å². The van der Waals surface area contributed by atoms with Crippen LogP contribution in [0.1, 0.15) is 23.7 Å². The highest BCUT2D eigenvalue weighted by Gasteiger charge is 2.13. The van der Waals surface area contributed by atoms with Crippen molar-refractivity contribution in [2.75, 3.05) is 6.61 Å². The first-order valence-corrected chi connectivity index (χ1v) is 6.98. The van der Waals surface area contributed by atoms with Gasteiger partial charge in [-0.3, -0.25) is 0 Å². The summed E-state index contributed by atoms with van der Waals surface area (Å²) in [5.74, 6) is -0.552. The van der Waals surface area contributed by atoms with Crippen LogP contribution in [0.2, 0.25) is 0 Å². The molecule has 6 heteroatoms. The number of carbonyl (C=O) groups is 1. The number of hydrogen-bond donors (Lipinski definition) is 0. The highest BCUT2D eigenvalue weighted by atomic mass is 35.7. The maximum absolute atomic E-state index is 11.4. The Labute approximate surface area is 98.6 Å². The molecule has 0 radical (unpaired) electrons. The van der Waals surface area contributed by atoms with E-state index in [9.17, 15) is 13.2 Å². The first-order valence-electron chi connectivity index (χ1n) is 4.67. The standard InChI is InChI=1S/C10H11ClO4S/c1-2-6-15-10(12)8-4-3-5-9(7-8)16(11,13)14/h3-5,7H,2,6H2,1H3. The fraction of sp³-hybridized carbons (Fsp3) is 0.300. The Bertz CT molecular complexity index is 481. The minimum absolute atomic E-state index is 0.111. The minimum atomic E-state index is -3.81. The third-order valence-electron chi connectivity index (χ3n) is 1.79. The maximum atomic E-state index is 11.4. The van der Waals surface area contributed by atoms with Gasteiger partial charge >= 0.3 is 5.97 Å². The third kappa shape index (κ3) is 3.50. The molecule has 0 aliphatic heterocycles. The molecule has 0 bridgehead atoms. The largest absolute Gasteiger partial charge is 0.462 e. The zero-order chi connectivity index (χ0) is 12.2. The van der Waals surface area contributed by atoms with E-state index in [0.717, 1.165) is 0 Å². The van der Waals surface area contributed by atoms with Crippen LogP contribution in [-0.4, -0.2) is 21.0 Å². The molecule has 88 valence electrons. The fourth-order valence-electron chi connectivity index (χ4n) is 1.05. The van der Waals surface area contributed by atoms with Gasteiger partial charge in [0.15, 0.2) is 0 Å². The average molecular weight is 263 g/mol. The molecule has 0 saturated carbocycles. The van der Waals surface area contributed by atoms with Crippen molar-refractivity contribution in [2.45, 2.75) is 18.2 Å². The second-order valence-electron chi connectivity index (χ2n) is 3.10. The summed E-state index contributed by atoms with van der Waals surface area (Å²) >= 11 is 0. The molecule has 1 aromatic rings. The molecule has 16 heavy (non-hydrogen) atoms. The van der Waals surface area contributed by atoms with Crippen LogP contribution in [0, 0.1) is 0 Å². The second-order valence-corrected chi connectivity index (χ2v) is 5.67. The monoisotopic (exact) mass is 262 g/mol. The Balaban J connectivity index is 2.95. The number of halogens is 1. The number of esters is 1. The Morgan fingerprint density at radius 3 is 2.69 bits per heavy atom. The Morgan fingerprint density at radius 2 is 2.12 bits per heavy atom. The van der Waals surface area contributed by atoms with Crippen LogP contribution in [0.3, 0.4) is 0 Å². The van der Waals surface area contributed by atoms with Crippen molar-refractivity contribution >= 4 is 25.7 Å². The lowest BCUT2D eigenvalue weighted by molar-refractivity contribution is 0.0505. The van der Waals surface area contributed by atoms with Gasteiger partial charge in [-0.25, -0.2) is 13.2 Å². The molecule has 1 aromatic carbocycles. The smallest absolute Gasteiger partial charge is 0.338 e. The summed E-state index contributed by atoms with van der Waals surface area (Å²) in [5.41, 5.74) is 0.176. The SMILES string of the molecule is CCCOC(=O)c1cccc(S(=O)(=O)Cl)c1. The normalized spacial score (nSPS) is 11.1. The van der Waals surface area contributed by atoms with Gasteiger partial charge in [-0.2, -0.15) is 0 Å². The van der Waals surface area contributed by atoms with E-state index in [1.54, 1.807) is 0 Å². The molecular formula is C10H11ClO4S. The Morgan fingerprint density at radius 1 is 1.44 bits per heavy atom. The molecule has 0 unspecified atom stereocenters.